The van der Waals surface area contributed by atoms with Gasteiger partial charge in [0.15, 0.2) is 0 Å². The number of aromatic nitrogens is 2. The fourth-order valence-electron chi connectivity index (χ4n) is 2.24. The van der Waals surface area contributed by atoms with Crippen molar-refractivity contribution in [3.63, 3.8) is 0 Å². The summed E-state index contributed by atoms with van der Waals surface area (Å²) in [4.78, 5) is 7.24. The van der Waals surface area contributed by atoms with E-state index in [1.54, 1.807) is 6.20 Å². The standard InChI is InChI=1S/C18H18N2O/c1-2-4-15(5-3-1)14-16-6-8-17(9-7-16)21-13-10-18-19-11-12-20-18/h1-9,11-12H,10,13-14H2,(H,19,20). The van der Waals surface area contributed by atoms with Crippen LogP contribution in [0.4, 0.5) is 0 Å². The van der Waals surface area contributed by atoms with Gasteiger partial charge in [0.25, 0.3) is 0 Å². The Balaban J connectivity index is 1.52. The largest absolute Gasteiger partial charge is 0.493 e. The Morgan fingerprint density at radius 1 is 0.905 bits per heavy atom. The number of aromatic amines is 1. The van der Waals surface area contributed by atoms with E-state index in [0.29, 0.717) is 6.61 Å². The molecule has 0 spiro atoms. The van der Waals surface area contributed by atoms with Gasteiger partial charge in [-0.05, 0) is 29.7 Å². The smallest absolute Gasteiger partial charge is 0.119 e. The molecule has 3 heteroatoms. The Morgan fingerprint density at radius 3 is 2.38 bits per heavy atom. The second kappa shape index (κ2) is 6.75. The van der Waals surface area contributed by atoms with E-state index in [1.165, 1.54) is 11.1 Å². The summed E-state index contributed by atoms with van der Waals surface area (Å²) in [6.45, 7) is 0.631. The highest BCUT2D eigenvalue weighted by Gasteiger charge is 1.99. The first-order chi connectivity index (χ1) is 10.4. The summed E-state index contributed by atoms with van der Waals surface area (Å²) in [5.74, 6) is 1.86. The lowest BCUT2D eigenvalue weighted by molar-refractivity contribution is 0.319. The average molecular weight is 278 g/mol. The fraction of sp³-hybridized carbons (Fsp3) is 0.167. The lowest BCUT2D eigenvalue weighted by atomic mass is 10.1. The van der Waals surface area contributed by atoms with E-state index in [1.807, 2.05) is 24.4 Å². The van der Waals surface area contributed by atoms with Crippen molar-refractivity contribution < 1.29 is 4.74 Å². The molecule has 0 saturated heterocycles. The van der Waals surface area contributed by atoms with Gasteiger partial charge in [-0.3, -0.25) is 0 Å². The van der Waals surface area contributed by atoms with E-state index < -0.39 is 0 Å². The molecule has 3 aromatic rings. The zero-order valence-electron chi connectivity index (χ0n) is 11.8. The van der Waals surface area contributed by atoms with Gasteiger partial charge < -0.3 is 9.72 Å². The van der Waals surface area contributed by atoms with Gasteiger partial charge in [-0.2, -0.15) is 0 Å². The highest BCUT2D eigenvalue weighted by Crippen LogP contribution is 2.15. The van der Waals surface area contributed by atoms with Crippen LogP contribution in [-0.2, 0) is 12.8 Å². The zero-order valence-corrected chi connectivity index (χ0v) is 11.8. The highest BCUT2D eigenvalue weighted by atomic mass is 16.5. The lowest BCUT2D eigenvalue weighted by Crippen LogP contribution is -2.02. The maximum absolute atomic E-state index is 5.72. The number of rotatable bonds is 6. The van der Waals surface area contributed by atoms with Crippen LogP contribution in [0.1, 0.15) is 17.0 Å². The number of H-pyrrole nitrogens is 1. The Morgan fingerprint density at radius 2 is 1.67 bits per heavy atom. The van der Waals surface area contributed by atoms with Crippen LogP contribution in [0.25, 0.3) is 0 Å². The van der Waals surface area contributed by atoms with E-state index in [4.69, 9.17) is 4.74 Å². The van der Waals surface area contributed by atoms with E-state index >= 15 is 0 Å². The van der Waals surface area contributed by atoms with Crippen molar-refractivity contribution in [2.75, 3.05) is 6.61 Å². The molecule has 0 saturated carbocycles. The lowest BCUT2D eigenvalue weighted by Gasteiger charge is -2.07. The molecule has 2 aromatic carbocycles. The molecule has 3 nitrogen and oxygen atoms in total. The van der Waals surface area contributed by atoms with Crippen LogP contribution in [0.3, 0.4) is 0 Å². The number of nitrogens with zero attached hydrogens (tertiary/aromatic N) is 1. The SMILES string of the molecule is c1ccc(Cc2ccc(OCCc3ncc[nH]3)cc2)cc1. The summed E-state index contributed by atoms with van der Waals surface area (Å²) in [5.41, 5.74) is 2.61. The summed E-state index contributed by atoms with van der Waals surface area (Å²) < 4.78 is 5.72. The second-order valence-corrected chi connectivity index (χ2v) is 4.94. The molecule has 0 amide bonds. The Hall–Kier alpha value is -2.55. The number of benzene rings is 2. The third-order valence-electron chi connectivity index (χ3n) is 3.34. The predicted molar refractivity (Wildman–Crippen MR) is 83.5 cm³/mol. The Bertz CT molecular complexity index is 645. The van der Waals surface area contributed by atoms with Crippen LogP contribution in [0.5, 0.6) is 5.75 Å². The van der Waals surface area contributed by atoms with Crippen molar-refractivity contribution in [3.05, 3.63) is 83.9 Å². The quantitative estimate of drug-likeness (QED) is 0.747. The van der Waals surface area contributed by atoms with Crippen molar-refractivity contribution in [2.24, 2.45) is 0 Å². The van der Waals surface area contributed by atoms with Crippen LogP contribution < -0.4 is 4.74 Å². The molecular weight excluding hydrogens is 260 g/mol. The van der Waals surface area contributed by atoms with Gasteiger partial charge >= 0.3 is 0 Å². The molecule has 106 valence electrons. The van der Waals surface area contributed by atoms with E-state index in [2.05, 4.69) is 46.4 Å². The molecular formula is C18H18N2O. The van der Waals surface area contributed by atoms with Crippen LogP contribution in [0.15, 0.2) is 67.0 Å². The molecule has 0 unspecified atom stereocenters. The summed E-state index contributed by atoms with van der Waals surface area (Å²) in [6, 6.07) is 18.8. The fourth-order valence-corrected chi connectivity index (χ4v) is 2.24. The average Bonchev–Trinajstić information content (AvgIpc) is 3.03. The van der Waals surface area contributed by atoms with Crippen LogP contribution in [0, 0.1) is 0 Å². The third-order valence-corrected chi connectivity index (χ3v) is 3.34. The topological polar surface area (TPSA) is 37.9 Å². The van der Waals surface area contributed by atoms with Gasteiger partial charge in [-0.25, -0.2) is 4.98 Å². The van der Waals surface area contributed by atoms with Crippen molar-refractivity contribution in [2.45, 2.75) is 12.8 Å². The first-order valence-corrected chi connectivity index (χ1v) is 7.14. The van der Waals surface area contributed by atoms with Gasteiger partial charge in [-0.1, -0.05) is 42.5 Å². The molecule has 0 aliphatic carbocycles. The normalized spacial score (nSPS) is 10.5. The second-order valence-electron chi connectivity index (χ2n) is 4.94. The van der Waals surface area contributed by atoms with Crippen LogP contribution >= 0.6 is 0 Å². The van der Waals surface area contributed by atoms with E-state index in [-0.39, 0.29) is 0 Å². The first kappa shape index (κ1) is 13.4. The maximum Gasteiger partial charge on any atom is 0.119 e. The molecule has 0 atom stereocenters. The molecule has 1 N–H and O–H groups in total. The Kier molecular flexibility index (Phi) is 4.32. The van der Waals surface area contributed by atoms with Gasteiger partial charge in [0.2, 0.25) is 0 Å². The van der Waals surface area contributed by atoms with Gasteiger partial charge in [0, 0.05) is 18.8 Å². The summed E-state index contributed by atoms with van der Waals surface area (Å²) in [6.07, 6.45) is 5.33. The molecule has 0 radical (unpaired) electrons. The summed E-state index contributed by atoms with van der Waals surface area (Å²) in [7, 11) is 0. The number of imidazole rings is 1. The third kappa shape index (κ3) is 3.96. The highest BCUT2D eigenvalue weighted by molar-refractivity contribution is 5.31. The molecule has 0 fully saturated rings. The first-order valence-electron chi connectivity index (χ1n) is 7.14. The number of ether oxygens (including phenoxy) is 1. The molecule has 0 aliphatic rings. The van der Waals surface area contributed by atoms with Crippen LogP contribution in [0.2, 0.25) is 0 Å². The number of nitrogens with one attached hydrogen (secondary N) is 1. The van der Waals surface area contributed by atoms with Gasteiger partial charge in [-0.15, -0.1) is 0 Å². The Labute approximate surface area is 124 Å². The van der Waals surface area contributed by atoms with Crippen molar-refractivity contribution in [1.82, 2.24) is 9.97 Å². The molecule has 21 heavy (non-hydrogen) atoms. The molecule has 1 aromatic heterocycles. The van der Waals surface area contributed by atoms with E-state index in [0.717, 1.165) is 24.4 Å². The van der Waals surface area contributed by atoms with E-state index in [9.17, 15) is 0 Å². The molecule has 3 rings (SSSR count). The zero-order chi connectivity index (χ0) is 14.3. The summed E-state index contributed by atoms with van der Waals surface area (Å²) >= 11 is 0. The molecule has 0 bridgehead atoms. The minimum Gasteiger partial charge on any atom is -0.493 e. The predicted octanol–water partition coefficient (Wildman–Crippen LogP) is 3.62. The van der Waals surface area contributed by atoms with Crippen molar-refractivity contribution in [3.8, 4) is 5.75 Å². The van der Waals surface area contributed by atoms with Crippen molar-refractivity contribution >= 4 is 0 Å². The monoisotopic (exact) mass is 278 g/mol. The van der Waals surface area contributed by atoms with Gasteiger partial charge in [0.1, 0.15) is 11.6 Å². The minimum absolute atomic E-state index is 0.631. The van der Waals surface area contributed by atoms with Gasteiger partial charge in [0.05, 0.1) is 6.61 Å². The maximum atomic E-state index is 5.72. The minimum atomic E-state index is 0.631. The summed E-state index contributed by atoms with van der Waals surface area (Å²) in [5, 5.41) is 0. The number of hydrogen-bond acceptors (Lipinski definition) is 2. The molecule has 0 aliphatic heterocycles. The van der Waals surface area contributed by atoms with Crippen LogP contribution in [-0.4, -0.2) is 16.6 Å². The van der Waals surface area contributed by atoms with Crippen molar-refractivity contribution in [1.29, 1.82) is 0 Å². The number of hydrogen-bond donors (Lipinski definition) is 1. The molecule has 1 heterocycles.